The zero-order chi connectivity index (χ0) is 15.5. The second-order valence-corrected chi connectivity index (χ2v) is 6.96. The fraction of sp³-hybridized carbons (Fsp3) is 0.611. The molecular weight excluding hydrogens is 276 g/mol. The summed E-state index contributed by atoms with van der Waals surface area (Å²) in [5, 5.41) is 3.06. The molecule has 1 aromatic rings. The van der Waals surface area contributed by atoms with Crippen molar-refractivity contribution in [3.05, 3.63) is 35.9 Å². The topological polar surface area (TPSA) is 41.6 Å². The van der Waals surface area contributed by atoms with E-state index in [1.165, 1.54) is 5.56 Å². The number of hydrogen-bond acceptors (Lipinski definition) is 3. The number of nitrogens with zero attached hydrogens (tertiary/aromatic N) is 1. The van der Waals surface area contributed by atoms with Crippen LogP contribution in [0.5, 0.6) is 0 Å². The normalized spacial score (nSPS) is 28.0. The van der Waals surface area contributed by atoms with Gasteiger partial charge < -0.3 is 10.1 Å². The largest absolute Gasteiger partial charge is 0.371 e. The summed E-state index contributed by atoms with van der Waals surface area (Å²) < 4.78 is 6.00. The highest BCUT2D eigenvalue weighted by molar-refractivity contribution is 5.79. The first-order valence-electron chi connectivity index (χ1n) is 8.31. The lowest BCUT2D eigenvalue weighted by molar-refractivity contribution is -0.128. The quantitative estimate of drug-likeness (QED) is 0.905. The highest BCUT2D eigenvalue weighted by Crippen LogP contribution is 2.32. The Labute approximate surface area is 132 Å². The van der Waals surface area contributed by atoms with Crippen LogP contribution in [-0.4, -0.2) is 42.6 Å². The van der Waals surface area contributed by atoms with Gasteiger partial charge in [-0.2, -0.15) is 0 Å². The van der Waals surface area contributed by atoms with Gasteiger partial charge in [-0.1, -0.05) is 44.2 Å². The molecule has 3 atom stereocenters. The van der Waals surface area contributed by atoms with Gasteiger partial charge in [-0.15, -0.1) is 0 Å². The molecule has 3 rings (SSSR count). The van der Waals surface area contributed by atoms with Crippen molar-refractivity contribution >= 4 is 5.91 Å². The number of ether oxygens (including phenoxy) is 1. The number of fused-ring (bicyclic) bond motifs is 2. The number of hydrogen-bond donors (Lipinski definition) is 1. The minimum atomic E-state index is 0.0181. The van der Waals surface area contributed by atoms with E-state index in [1.54, 1.807) is 0 Å². The van der Waals surface area contributed by atoms with Crippen LogP contribution >= 0.6 is 0 Å². The molecule has 1 N–H and O–H groups in total. The lowest BCUT2D eigenvalue weighted by atomic mass is 9.99. The van der Waals surface area contributed by atoms with Gasteiger partial charge in [0, 0.05) is 26.2 Å². The van der Waals surface area contributed by atoms with Gasteiger partial charge in [0.2, 0.25) is 5.91 Å². The predicted molar refractivity (Wildman–Crippen MR) is 86.3 cm³/mol. The van der Waals surface area contributed by atoms with Gasteiger partial charge in [0.05, 0.1) is 18.1 Å². The van der Waals surface area contributed by atoms with Gasteiger partial charge in [-0.3, -0.25) is 9.69 Å². The van der Waals surface area contributed by atoms with Crippen LogP contribution < -0.4 is 5.32 Å². The number of nitrogens with one attached hydrogen (secondary N) is 1. The third-order valence-electron chi connectivity index (χ3n) is 4.50. The molecule has 2 fully saturated rings. The van der Waals surface area contributed by atoms with E-state index < -0.39 is 0 Å². The van der Waals surface area contributed by atoms with Crippen LogP contribution in [0.3, 0.4) is 0 Å². The highest BCUT2D eigenvalue weighted by atomic mass is 16.5. The average Bonchev–Trinajstić information content (AvgIpc) is 2.80. The number of morpholine rings is 1. The van der Waals surface area contributed by atoms with Gasteiger partial charge >= 0.3 is 0 Å². The zero-order valence-corrected chi connectivity index (χ0v) is 13.5. The van der Waals surface area contributed by atoms with Crippen LogP contribution in [0.25, 0.3) is 0 Å². The number of likely N-dealkylation sites (tertiary alicyclic amines) is 1. The first-order chi connectivity index (χ1) is 10.6. The second kappa shape index (κ2) is 6.80. The molecule has 1 amide bonds. The lowest BCUT2D eigenvalue weighted by Crippen LogP contribution is -2.45. The van der Waals surface area contributed by atoms with E-state index in [1.807, 2.05) is 6.07 Å². The van der Waals surface area contributed by atoms with E-state index in [2.05, 4.69) is 48.3 Å². The summed E-state index contributed by atoms with van der Waals surface area (Å²) in [7, 11) is 0. The van der Waals surface area contributed by atoms with Gasteiger partial charge in [0.15, 0.2) is 0 Å². The third-order valence-corrected chi connectivity index (χ3v) is 4.50. The summed E-state index contributed by atoms with van der Waals surface area (Å²) in [6, 6.07) is 10.5. The van der Waals surface area contributed by atoms with E-state index in [0.717, 1.165) is 32.6 Å². The molecule has 0 unspecified atom stereocenters. The molecule has 0 aromatic heterocycles. The molecule has 0 saturated carbocycles. The van der Waals surface area contributed by atoms with Gasteiger partial charge in [-0.25, -0.2) is 0 Å². The zero-order valence-electron chi connectivity index (χ0n) is 13.5. The monoisotopic (exact) mass is 302 g/mol. The summed E-state index contributed by atoms with van der Waals surface area (Å²) in [5.74, 6) is 0.674. The maximum atomic E-state index is 12.3. The summed E-state index contributed by atoms with van der Waals surface area (Å²) in [4.78, 5) is 14.8. The minimum Gasteiger partial charge on any atom is -0.371 e. The van der Waals surface area contributed by atoms with Crippen LogP contribution in [0.4, 0.5) is 0 Å². The van der Waals surface area contributed by atoms with Crippen LogP contribution in [-0.2, 0) is 16.1 Å². The Morgan fingerprint density at radius 2 is 2.09 bits per heavy atom. The Bertz CT molecular complexity index is 503. The summed E-state index contributed by atoms with van der Waals surface area (Å²) >= 11 is 0. The standard InChI is InChI=1S/C18H26N2O2/c1-13(2)9-19-18(21)16-8-15-11-20(12-17(16)22-15)10-14-6-4-3-5-7-14/h3-7,13,15-17H,8-12H2,1-2H3,(H,19,21)/t15-,16+,17-/m1/s1. The number of carbonyl (C=O) groups is 1. The third kappa shape index (κ3) is 3.68. The molecule has 4 nitrogen and oxygen atoms in total. The molecule has 4 heteroatoms. The fourth-order valence-corrected chi connectivity index (χ4v) is 3.42. The molecule has 2 aliphatic heterocycles. The maximum absolute atomic E-state index is 12.3. The highest BCUT2D eigenvalue weighted by Gasteiger charge is 2.44. The van der Waals surface area contributed by atoms with Crippen molar-refractivity contribution in [3.63, 3.8) is 0 Å². The molecule has 0 spiro atoms. The van der Waals surface area contributed by atoms with Crippen LogP contribution in [0, 0.1) is 11.8 Å². The van der Waals surface area contributed by atoms with Crippen molar-refractivity contribution in [1.29, 1.82) is 0 Å². The Balaban J connectivity index is 1.56. The Morgan fingerprint density at radius 1 is 1.32 bits per heavy atom. The van der Waals surface area contributed by atoms with E-state index >= 15 is 0 Å². The second-order valence-electron chi connectivity index (χ2n) is 6.96. The number of benzene rings is 1. The van der Waals surface area contributed by atoms with E-state index in [0.29, 0.717) is 5.92 Å². The predicted octanol–water partition coefficient (Wildman–Crippen LogP) is 2.05. The Kier molecular flexibility index (Phi) is 4.79. The average molecular weight is 302 g/mol. The molecule has 120 valence electrons. The van der Waals surface area contributed by atoms with Crippen molar-refractivity contribution in [3.8, 4) is 0 Å². The lowest BCUT2D eigenvalue weighted by Gasteiger charge is -2.32. The molecule has 2 bridgehead atoms. The van der Waals surface area contributed by atoms with Gasteiger partial charge in [0.1, 0.15) is 0 Å². The van der Waals surface area contributed by atoms with E-state index in [-0.39, 0.29) is 24.0 Å². The SMILES string of the molecule is CC(C)CNC(=O)[C@H]1C[C@@H]2CN(Cc3ccccc3)C[C@H]1O2. The van der Waals surface area contributed by atoms with Crippen molar-refractivity contribution in [2.75, 3.05) is 19.6 Å². The minimum absolute atomic E-state index is 0.0181. The summed E-state index contributed by atoms with van der Waals surface area (Å²) in [6.07, 6.45) is 1.12. The fourth-order valence-electron chi connectivity index (χ4n) is 3.42. The van der Waals surface area contributed by atoms with Crippen LogP contribution in [0.1, 0.15) is 25.8 Å². The van der Waals surface area contributed by atoms with Gasteiger partial charge in [-0.05, 0) is 17.9 Å². The van der Waals surface area contributed by atoms with Crippen LogP contribution in [0.2, 0.25) is 0 Å². The van der Waals surface area contributed by atoms with E-state index in [4.69, 9.17) is 4.74 Å². The molecule has 2 heterocycles. The molecule has 0 radical (unpaired) electrons. The molecule has 22 heavy (non-hydrogen) atoms. The molecule has 0 aliphatic carbocycles. The van der Waals surface area contributed by atoms with Crippen LogP contribution in [0.15, 0.2) is 30.3 Å². The summed E-state index contributed by atoms with van der Waals surface area (Å²) in [6.45, 7) is 7.71. The Hall–Kier alpha value is -1.39. The Morgan fingerprint density at radius 3 is 2.82 bits per heavy atom. The smallest absolute Gasteiger partial charge is 0.225 e. The van der Waals surface area contributed by atoms with Gasteiger partial charge in [0.25, 0.3) is 0 Å². The van der Waals surface area contributed by atoms with E-state index in [9.17, 15) is 4.79 Å². The van der Waals surface area contributed by atoms with Crippen molar-refractivity contribution in [2.24, 2.45) is 11.8 Å². The molecule has 1 aromatic carbocycles. The number of carbonyl (C=O) groups excluding carboxylic acids is 1. The van der Waals surface area contributed by atoms with Crippen molar-refractivity contribution in [1.82, 2.24) is 10.2 Å². The number of amides is 1. The molecule has 2 saturated heterocycles. The first-order valence-corrected chi connectivity index (χ1v) is 8.31. The first kappa shape index (κ1) is 15.5. The van der Waals surface area contributed by atoms with Crippen molar-refractivity contribution < 1.29 is 9.53 Å². The number of rotatable bonds is 5. The maximum Gasteiger partial charge on any atom is 0.225 e. The summed E-state index contributed by atoms with van der Waals surface area (Å²) in [5.41, 5.74) is 1.32. The molecule has 2 aliphatic rings. The van der Waals surface area contributed by atoms with Crippen molar-refractivity contribution in [2.45, 2.75) is 39.0 Å². The molecular formula is C18H26N2O2.